The van der Waals surface area contributed by atoms with Crippen LogP contribution in [0.2, 0.25) is 0 Å². The van der Waals surface area contributed by atoms with Gasteiger partial charge >= 0.3 is 5.97 Å². The standard InChI is InChI=1S/C15H15N3O3/c1-10-9-11(14(19)20)17-15(16-10)18-7-4-8-21-13-6-3-2-5-12(13)18/h2-3,5-6,9H,4,7-8H2,1H3,(H,19,20). The number of nitrogens with zero attached hydrogens (tertiary/aromatic N) is 3. The average Bonchev–Trinajstić information content (AvgIpc) is 2.69. The van der Waals surface area contributed by atoms with Crippen LogP contribution < -0.4 is 9.64 Å². The lowest BCUT2D eigenvalue weighted by Gasteiger charge is -2.22. The minimum atomic E-state index is -1.05. The first-order chi connectivity index (χ1) is 10.1. The van der Waals surface area contributed by atoms with Crippen molar-refractivity contribution in [3.05, 3.63) is 41.7 Å². The number of aromatic carboxylic acids is 1. The molecule has 0 aliphatic carbocycles. The van der Waals surface area contributed by atoms with E-state index in [0.717, 1.165) is 17.9 Å². The number of aryl methyl sites for hydroxylation is 1. The molecule has 1 aromatic heterocycles. The third kappa shape index (κ3) is 2.65. The number of fused-ring (bicyclic) bond motifs is 1. The van der Waals surface area contributed by atoms with Gasteiger partial charge in [0, 0.05) is 12.2 Å². The van der Waals surface area contributed by atoms with Crippen molar-refractivity contribution in [3.63, 3.8) is 0 Å². The predicted octanol–water partition coefficient (Wildman–Crippen LogP) is 2.40. The van der Waals surface area contributed by atoms with Gasteiger partial charge in [-0.3, -0.25) is 0 Å². The van der Waals surface area contributed by atoms with Gasteiger partial charge in [0.15, 0.2) is 5.69 Å². The smallest absolute Gasteiger partial charge is 0.354 e. The van der Waals surface area contributed by atoms with E-state index in [2.05, 4.69) is 9.97 Å². The summed E-state index contributed by atoms with van der Waals surface area (Å²) < 4.78 is 5.69. The van der Waals surface area contributed by atoms with E-state index in [1.165, 1.54) is 6.07 Å². The molecule has 0 spiro atoms. The second kappa shape index (κ2) is 5.40. The van der Waals surface area contributed by atoms with Crippen LogP contribution in [0, 0.1) is 6.92 Å². The van der Waals surface area contributed by atoms with E-state index in [0.29, 0.717) is 24.8 Å². The summed E-state index contributed by atoms with van der Waals surface area (Å²) in [7, 11) is 0. The van der Waals surface area contributed by atoms with Crippen LogP contribution in [-0.2, 0) is 0 Å². The molecule has 0 unspecified atom stereocenters. The lowest BCUT2D eigenvalue weighted by molar-refractivity contribution is 0.0690. The van der Waals surface area contributed by atoms with E-state index in [9.17, 15) is 4.79 Å². The summed E-state index contributed by atoms with van der Waals surface area (Å²) >= 11 is 0. The molecule has 0 fully saturated rings. The van der Waals surface area contributed by atoms with E-state index >= 15 is 0 Å². The number of aromatic nitrogens is 2. The van der Waals surface area contributed by atoms with Crippen LogP contribution in [0.15, 0.2) is 30.3 Å². The molecule has 0 radical (unpaired) electrons. The number of carbonyl (C=O) groups is 1. The average molecular weight is 285 g/mol. The van der Waals surface area contributed by atoms with Crippen LogP contribution in [0.1, 0.15) is 22.6 Å². The highest BCUT2D eigenvalue weighted by atomic mass is 16.5. The Balaban J connectivity index is 2.09. The summed E-state index contributed by atoms with van der Waals surface area (Å²) in [6.45, 7) is 3.06. The third-order valence-electron chi connectivity index (χ3n) is 3.24. The van der Waals surface area contributed by atoms with E-state index < -0.39 is 5.97 Å². The van der Waals surface area contributed by atoms with Crippen LogP contribution in [0.3, 0.4) is 0 Å². The Hall–Kier alpha value is -2.63. The van der Waals surface area contributed by atoms with Crippen LogP contribution in [0.4, 0.5) is 11.6 Å². The fraction of sp³-hybridized carbons (Fsp3) is 0.267. The van der Waals surface area contributed by atoms with Gasteiger partial charge in [-0.25, -0.2) is 14.8 Å². The lowest BCUT2D eigenvalue weighted by atomic mass is 10.2. The number of rotatable bonds is 2. The number of para-hydroxylation sites is 2. The van der Waals surface area contributed by atoms with Crippen molar-refractivity contribution >= 4 is 17.6 Å². The van der Waals surface area contributed by atoms with Gasteiger partial charge in [-0.1, -0.05) is 12.1 Å². The minimum Gasteiger partial charge on any atom is -0.491 e. The van der Waals surface area contributed by atoms with Crippen molar-refractivity contribution in [2.75, 3.05) is 18.1 Å². The van der Waals surface area contributed by atoms with E-state index in [1.54, 1.807) is 6.92 Å². The maximum Gasteiger partial charge on any atom is 0.354 e. The Kier molecular flexibility index (Phi) is 3.43. The molecule has 1 aromatic carbocycles. The van der Waals surface area contributed by atoms with E-state index in [1.807, 2.05) is 29.2 Å². The first-order valence-corrected chi connectivity index (χ1v) is 6.73. The molecular weight excluding hydrogens is 270 g/mol. The van der Waals surface area contributed by atoms with Gasteiger partial charge in [-0.2, -0.15) is 0 Å². The topological polar surface area (TPSA) is 75.5 Å². The quantitative estimate of drug-likeness (QED) is 0.913. The number of anilines is 2. The number of ether oxygens (including phenoxy) is 1. The lowest BCUT2D eigenvalue weighted by Crippen LogP contribution is -2.21. The summed E-state index contributed by atoms with van der Waals surface area (Å²) in [4.78, 5) is 21.6. The molecule has 21 heavy (non-hydrogen) atoms. The number of carboxylic acids is 1. The Labute approximate surface area is 122 Å². The van der Waals surface area contributed by atoms with Crippen LogP contribution in [-0.4, -0.2) is 34.2 Å². The van der Waals surface area contributed by atoms with Crippen LogP contribution in [0.25, 0.3) is 0 Å². The largest absolute Gasteiger partial charge is 0.491 e. The zero-order chi connectivity index (χ0) is 14.8. The van der Waals surface area contributed by atoms with E-state index in [4.69, 9.17) is 9.84 Å². The van der Waals surface area contributed by atoms with Gasteiger partial charge in [0.2, 0.25) is 5.95 Å². The molecule has 3 rings (SSSR count). The number of carboxylic acid groups (broad SMARTS) is 1. The zero-order valence-electron chi connectivity index (χ0n) is 11.6. The van der Waals surface area contributed by atoms with Crippen LogP contribution >= 0.6 is 0 Å². The normalized spacial score (nSPS) is 14.0. The van der Waals surface area contributed by atoms with Gasteiger partial charge in [-0.15, -0.1) is 0 Å². The zero-order valence-corrected chi connectivity index (χ0v) is 11.6. The molecule has 2 heterocycles. The van der Waals surface area contributed by atoms with Gasteiger partial charge in [0.05, 0.1) is 12.3 Å². The first-order valence-electron chi connectivity index (χ1n) is 6.73. The molecule has 2 aromatic rings. The molecule has 6 heteroatoms. The molecular formula is C15H15N3O3. The SMILES string of the molecule is Cc1cc(C(=O)O)nc(N2CCCOc3ccccc32)n1. The summed E-state index contributed by atoms with van der Waals surface area (Å²) in [6.07, 6.45) is 0.814. The molecule has 1 aliphatic heterocycles. The third-order valence-corrected chi connectivity index (χ3v) is 3.24. The fourth-order valence-corrected chi connectivity index (χ4v) is 2.32. The maximum absolute atomic E-state index is 11.2. The highest BCUT2D eigenvalue weighted by Gasteiger charge is 2.21. The summed E-state index contributed by atoms with van der Waals surface area (Å²) in [6, 6.07) is 9.09. The second-order valence-electron chi connectivity index (χ2n) is 4.82. The number of hydrogen-bond acceptors (Lipinski definition) is 5. The number of hydrogen-bond donors (Lipinski definition) is 1. The molecule has 0 saturated carbocycles. The summed E-state index contributed by atoms with van der Waals surface area (Å²) in [5.74, 6) is 0.100. The molecule has 0 atom stereocenters. The van der Waals surface area contributed by atoms with Gasteiger partial charge in [-0.05, 0) is 31.5 Å². The molecule has 0 saturated heterocycles. The van der Waals surface area contributed by atoms with Gasteiger partial charge in [0.1, 0.15) is 5.75 Å². The summed E-state index contributed by atoms with van der Waals surface area (Å²) in [5.41, 5.74) is 1.48. The van der Waals surface area contributed by atoms with Crippen molar-refractivity contribution in [2.24, 2.45) is 0 Å². The van der Waals surface area contributed by atoms with Crippen molar-refractivity contribution in [1.29, 1.82) is 0 Å². The van der Waals surface area contributed by atoms with Crippen molar-refractivity contribution in [3.8, 4) is 5.75 Å². The minimum absolute atomic E-state index is 0.000136. The number of benzene rings is 1. The molecule has 0 bridgehead atoms. The second-order valence-corrected chi connectivity index (χ2v) is 4.82. The molecule has 108 valence electrons. The first kappa shape index (κ1) is 13.4. The molecule has 1 N–H and O–H groups in total. The van der Waals surface area contributed by atoms with Crippen LogP contribution in [0.5, 0.6) is 5.75 Å². The maximum atomic E-state index is 11.2. The molecule has 1 aliphatic rings. The Morgan fingerprint density at radius 2 is 2.14 bits per heavy atom. The van der Waals surface area contributed by atoms with Crippen molar-refractivity contribution in [2.45, 2.75) is 13.3 Å². The monoisotopic (exact) mass is 285 g/mol. The van der Waals surface area contributed by atoms with E-state index in [-0.39, 0.29) is 5.69 Å². The van der Waals surface area contributed by atoms with Gasteiger partial charge < -0.3 is 14.7 Å². The molecule has 0 amide bonds. The Morgan fingerprint density at radius 3 is 2.95 bits per heavy atom. The predicted molar refractivity (Wildman–Crippen MR) is 77.3 cm³/mol. The molecule has 6 nitrogen and oxygen atoms in total. The highest BCUT2D eigenvalue weighted by molar-refractivity contribution is 5.86. The van der Waals surface area contributed by atoms with Crippen molar-refractivity contribution in [1.82, 2.24) is 9.97 Å². The van der Waals surface area contributed by atoms with Gasteiger partial charge in [0.25, 0.3) is 0 Å². The summed E-state index contributed by atoms with van der Waals surface area (Å²) in [5, 5.41) is 9.15. The van der Waals surface area contributed by atoms with Crippen molar-refractivity contribution < 1.29 is 14.6 Å². The Bertz CT molecular complexity index is 688. The fourth-order valence-electron chi connectivity index (χ4n) is 2.32. The Morgan fingerprint density at radius 1 is 1.33 bits per heavy atom. The highest BCUT2D eigenvalue weighted by Crippen LogP contribution is 2.34.